The zero-order chi connectivity index (χ0) is 14.9. The van der Waals surface area contributed by atoms with Gasteiger partial charge in [0.2, 0.25) is 0 Å². The molecule has 0 aromatic carbocycles. The zero-order valence-corrected chi connectivity index (χ0v) is 13.9. The number of nitrogens with one attached hydrogen (secondary N) is 1. The summed E-state index contributed by atoms with van der Waals surface area (Å²) in [5.41, 5.74) is 8.93. The van der Waals surface area contributed by atoms with Crippen molar-refractivity contribution in [2.75, 3.05) is 11.9 Å². The first-order chi connectivity index (χ1) is 10.1. The maximum absolute atomic E-state index is 6.11. The minimum Gasteiger partial charge on any atom is -0.376 e. The van der Waals surface area contributed by atoms with Gasteiger partial charge in [0.15, 0.2) is 0 Å². The fraction of sp³-hybridized carbons (Fsp3) is 0.500. The first-order valence-corrected chi connectivity index (χ1v) is 8.30. The molecule has 1 aliphatic rings. The number of fused-ring (bicyclic) bond motifs is 1. The number of hydrogen-bond donors (Lipinski definition) is 2. The van der Waals surface area contributed by atoms with Crippen LogP contribution in [0.1, 0.15) is 32.6 Å². The number of halogens is 1. The van der Waals surface area contributed by atoms with Crippen LogP contribution >= 0.6 is 15.9 Å². The molecule has 0 radical (unpaired) electrons. The second kappa shape index (κ2) is 5.89. The third-order valence-corrected chi connectivity index (χ3v) is 4.86. The van der Waals surface area contributed by atoms with Crippen molar-refractivity contribution < 1.29 is 0 Å². The van der Waals surface area contributed by atoms with E-state index in [1.54, 1.807) is 0 Å². The van der Waals surface area contributed by atoms with Crippen molar-refractivity contribution in [1.82, 2.24) is 9.97 Å². The molecule has 2 unspecified atom stereocenters. The van der Waals surface area contributed by atoms with E-state index in [4.69, 9.17) is 5.73 Å². The van der Waals surface area contributed by atoms with Gasteiger partial charge in [-0.25, -0.2) is 0 Å². The highest BCUT2D eigenvalue weighted by atomic mass is 79.9. The normalized spacial score (nSPS) is 26.0. The van der Waals surface area contributed by atoms with Gasteiger partial charge in [-0.15, -0.1) is 0 Å². The Hall–Kier alpha value is -1.20. The predicted molar refractivity (Wildman–Crippen MR) is 90.3 cm³/mol. The van der Waals surface area contributed by atoms with Gasteiger partial charge < -0.3 is 11.1 Å². The van der Waals surface area contributed by atoms with E-state index in [0.29, 0.717) is 12.5 Å². The maximum Gasteiger partial charge on any atom is 0.112 e. The first kappa shape index (κ1) is 14.7. The lowest BCUT2D eigenvalue weighted by molar-refractivity contribution is 0.264. The molecule has 2 aromatic heterocycles. The SMILES string of the molecule is CC1CCCC(CN)(Nc2ccnc3cc(Br)cnc23)C1. The summed E-state index contributed by atoms with van der Waals surface area (Å²) in [5, 5.41) is 3.69. The highest BCUT2D eigenvalue weighted by Gasteiger charge is 2.34. The van der Waals surface area contributed by atoms with Crippen molar-refractivity contribution in [2.45, 2.75) is 38.1 Å². The molecule has 112 valence electrons. The van der Waals surface area contributed by atoms with Gasteiger partial charge in [0.05, 0.1) is 11.2 Å². The van der Waals surface area contributed by atoms with Gasteiger partial charge >= 0.3 is 0 Å². The Bertz CT molecular complexity index is 645. The smallest absolute Gasteiger partial charge is 0.112 e. The lowest BCUT2D eigenvalue weighted by atomic mass is 9.76. The monoisotopic (exact) mass is 348 g/mol. The summed E-state index contributed by atoms with van der Waals surface area (Å²) < 4.78 is 0.944. The van der Waals surface area contributed by atoms with Crippen LogP contribution in [0.5, 0.6) is 0 Å². The number of nitrogens with zero attached hydrogens (tertiary/aromatic N) is 2. The van der Waals surface area contributed by atoms with Gasteiger partial charge in [-0.1, -0.05) is 19.8 Å². The van der Waals surface area contributed by atoms with E-state index in [0.717, 1.165) is 34.0 Å². The van der Waals surface area contributed by atoms with Crippen LogP contribution in [0.25, 0.3) is 11.0 Å². The fourth-order valence-electron chi connectivity index (χ4n) is 3.40. The van der Waals surface area contributed by atoms with Crippen molar-refractivity contribution >= 4 is 32.7 Å². The molecular weight excluding hydrogens is 328 g/mol. The average Bonchev–Trinajstić information content (AvgIpc) is 2.47. The molecule has 2 heterocycles. The molecule has 0 aliphatic heterocycles. The molecule has 0 spiro atoms. The zero-order valence-electron chi connectivity index (χ0n) is 12.3. The van der Waals surface area contributed by atoms with E-state index in [1.807, 2.05) is 24.5 Å². The highest BCUT2D eigenvalue weighted by molar-refractivity contribution is 9.10. The standard InChI is InChI=1S/C16H21BrN4/c1-11-3-2-5-16(8-11,10-18)21-13-4-6-19-14-7-12(17)9-20-15(13)14/h4,6-7,9,11H,2-3,5,8,10,18H2,1H3,(H,19,21). The average molecular weight is 349 g/mol. The van der Waals surface area contributed by atoms with Crippen LogP contribution in [0.3, 0.4) is 0 Å². The Kier molecular flexibility index (Phi) is 4.13. The second-order valence-corrected chi connectivity index (χ2v) is 7.11. The predicted octanol–water partition coefficient (Wildman–Crippen LogP) is 3.71. The second-order valence-electron chi connectivity index (χ2n) is 6.19. The van der Waals surface area contributed by atoms with Crippen molar-refractivity contribution in [2.24, 2.45) is 11.7 Å². The molecular formula is C16H21BrN4. The van der Waals surface area contributed by atoms with Gasteiger partial charge in [0.25, 0.3) is 0 Å². The molecule has 0 saturated heterocycles. The van der Waals surface area contributed by atoms with E-state index < -0.39 is 0 Å². The molecule has 2 atom stereocenters. The number of anilines is 1. The summed E-state index contributed by atoms with van der Waals surface area (Å²) in [6, 6.07) is 3.99. The first-order valence-electron chi connectivity index (χ1n) is 7.50. The molecule has 3 rings (SSSR count). The summed E-state index contributed by atoms with van der Waals surface area (Å²) in [7, 11) is 0. The summed E-state index contributed by atoms with van der Waals surface area (Å²) in [6.07, 6.45) is 8.40. The van der Waals surface area contributed by atoms with Crippen molar-refractivity contribution in [3.05, 3.63) is 29.0 Å². The Morgan fingerprint density at radius 3 is 3.10 bits per heavy atom. The Morgan fingerprint density at radius 2 is 2.33 bits per heavy atom. The molecule has 0 amide bonds. The van der Waals surface area contributed by atoms with E-state index in [1.165, 1.54) is 12.8 Å². The largest absolute Gasteiger partial charge is 0.376 e. The van der Waals surface area contributed by atoms with Crippen LogP contribution in [0.15, 0.2) is 29.0 Å². The minimum atomic E-state index is -0.0132. The molecule has 1 aliphatic carbocycles. The van der Waals surface area contributed by atoms with Gasteiger partial charge in [-0.05, 0) is 46.8 Å². The van der Waals surface area contributed by atoms with Crippen LogP contribution < -0.4 is 11.1 Å². The molecule has 21 heavy (non-hydrogen) atoms. The van der Waals surface area contributed by atoms with E-state index >= 15 is 0 Å². The van der Waals surface area contributed by atoms with Crippen molar-refractivity contribution in [3.63, 3.8) is 0 Å². The highest BCUT2D eigenvalue weighted by Crippen LogP contribution is 2.35. The Balaban J connectivity index is 1.96. The number of aromatic nitrogens is 2. The van der Waals surface area contributed by atoms with Gasteiger partial charge in [-0.2, -0.15) is 0 Å². The van der Waals surface area contributed by atoms with Crippen LogP contribution in [-0.2, 0) is 0 Å². The molecule has 4 nitrogen and oxygen atoms in total. The summed E-state index contributed by atoms with van der Waals surface area (Å²) >= 11 is 3.44. The molecule has 2 aromatic rings. The van der Waals surface area contributed by atoms with Crippen molar-refractivity contribution in [3.8, 4) is 0 Å². The minimum absolute atomic E-state index is 0.0132. The summed E-state index contributed by atoms with van der Waals surface area (Å²) in [6.45, 7) is 2.96. The molecule has 0 bridgehead atoms. The fourth-order valence-corrected chi connectivity index (χ4v) is 3.72. The summed E-state index contributed by atoms with van der Waals surface area (Å²) in [5.74, 6) is 0.713. The molecule has 1 saturated carbocycles. The maximum atomic E-state index is 6.11. The number of nitrogens with two attached hydrogens (primary N) is 1. The quantitative estimate of drug-likeness (QED) is 0.887. The topological polar surface area (TPSA) is 63.8 Å². The van der Waals surface area contributed by atoms with E-state index in [2.05, 4.69) is 38.1 Å². The van der Waals surface area contributed by atoms with E-state index in [-0.39, 0.29) is 5.54 Å². The van der Waals surface area contributed by atoms with E-state index in [9.17, 15) is 0 Å². The van der Waals surface area contributed by atoms with Crippen LogP contribution in [-0.4, -0.2) is 22.1 Å². The van der Waals surface area contributed by atoms with Crippen LogP contribution in [0.2, 0.25) is 0 Å². The van der Waals surface area contributed by atoms with Gasteiger partial charge in [0, 0.05) is 29.0 Å². The van der Waals surface area contributed by atoms with Crippen molar-refractivity contribution in [1.29, 1.82) is 0 Å². The lowest BCUT2D eigenvalue weighted by Crippen LogP contribution is -2.48. The number of rotatable bonds is 3. The van der Waals surface area contributed by atoms with Crippen LogP contribution in [0, 0.1) is 5.92 Å². The van der Waals surface area contributed by atoms with Crippen LogP contribution in [0.4, 0.5) is 5.69 Å². The lowest BCUT2D eigenvalue weighted by Gasteiger charge is -2.40. The van der Waals surface area contributed by atoms with Gasteiger partial charge in [-0.3, -0.25) is 9.97 Å². The molecule has 1 fully saturated rings. The number of pyridine rings is 2. The Labute approximate surface area is 133 Å². The Morgan fingerprint density at radius 1 is 1.48 bits per heavy atom. The summed E-state index contributed by atoms with van der Waals surface area (Å²) in [4.78, 5) is 8.91. The third-order valence-electron chi connectivity index (χ3n) is 4.43. The third kappa shape index (κ3) is 3.04. The van der Waals surface area contributed by atoms with Gasteiger partial charge in [0.1, 0.15) is 5.52 Å². The number of hydrogen-bond acceptors (Lipinski definition) is 4. The molecule has 5 heteroatoms. The molecule has 3 N–H and O–H groups in total.